The summed E-state index contributed by atoms with van der Waals surface area (Å²) in [7, 11) is 0. The van der Waals surface area contributed by atoms with E-state index in [0.717, 1.165) is 5.56 Å². The maximum absolute atomic E-state index is 9.22. The van der Waals surface area contributed by atoms with E-state index in [1.165, 1.54) is 0 Å². The molecule has 0 aliphatic carbocycles. The maximum atomic E-state index is 9.22. The molecule has 3 nitrogen and oxygen atoms in total. The first-order valence-electron chi connectivity index (χ1n) is 4.12. The summed E-state index contributed by atoms with van der Waals surface area (Å²) in [6.45, 7) is 0. The Bertz CT molecular complexity index is 350. The Morgan fingerprint density at radius 1 is 1.29 bits per heavy atom. The van der Waals surface area contributed by atoms with Crippen molar-refractivity contribution in [2.75, 3.05) is 0 Å². The van der Waals surface area contributed by atoms with Crippen LogP contribution in [0.15, 0.2) is 18.2 Å². The van der Waals surface area contributed by atoms with Gasteiger partial charge in [0.1, 0.15) is 0 Å². The van der Waals surface area contributed by atoms with Gasteiger partial charge >= 0.3 is 5.97 Å². The number of aliphatic hydroxyl groups is 1. The van der Waals surface area contributed by atoms with Gasteiger partial charge in [0, 0.05) is 16.5 Å². The van der Waals surface area contributed by atoms with Crippen LogP contribution in [0, 0.1) is 0 Å². The molecule has 0 aromatic heterocycles. The van der Waals surface area contributed by atoms with Gasteiger partial charge in [0.15, 0.2) is 0 Å². The molecule has 1 N–H and O–H groups in total. The minimum atomic E-state index is -1.40. The van der Waals surface area contributed by atoms with Gasteiger partial charge in [-0.1, -0.05) is 29.3 Å². The highest BCUT2D eigenvalue weighted by Gasteiger charge is 2.46. The van der Waals surface area contributed by atoms with Crippen molar-refractivity contribution in [1.82, 2.24) is 0 Å². The first kappa shape index (κ1) is 10.2. The van der Waals surface area contributed by atoms with E-state index in [1.54, 1.807) is 12.1 Å². The summed E-state index contributed by atoms with van der Waals surface area (Å²) >= 11 is 11.7. The Balaban J connectivity index is 2.02. The molecule has 5 heteroatoms. The molecule has 1 aromatic rings. The first-order chi connectivity index (χ1) is 6.59. The number of benzene rings is 1. The molecule has 0 radical (unpaired) electrons. The van der Waals surface area contributed by atoms with Gasteiger partial charge in [-0.2, -0.15) is 9.78 Å². The fourth-order valence-electron chi connectivity index (χ4n) is 1.15. The lowest BCUT2D eigenvalue weighted by Gasteiger charge is -2.04. The third-order valence-corrected chi connectivity index (χ3v) is 2.59. The summed E-state index contributed by atoms with van der Waals surface area (Å²) in [5.74, 6) is -1.40. The van der Waals surface area contributed by atoms with Gasteiger partial charge in [0.2, 0.25) is 0 Å². The summed E-state index contributed by atoms with van der Waals surface area (Å²) < 4.78 is 0. The predicted molar refractivity (Wildman–Crippen MR) is 51.9 cm³/mol. The second-order valence-electron chi connectivity index (χ2n) is 3.12. The molecule has 1 aromatic carbocycles. The van der Waals surface area contributed by atoms with Crippen LogP contribution >= 0.6 is 23.2 Å². The Kier molecular flexibility index (Phi) is 2.68. The van der Waals surface area contributed by atoms with Gasteiger partial charge in [0.05, 0.1) is 0 Å². The van der Waals surface area contributed by atoms with Gasteiger partial charge in [-0.25, -0.2) is 0 Å². The second kappa shape index (κ2) is 3.68. The Morgan fingerprint density at radius 3 is 2.57 bits per heavy atom. The van der Waals surface area contributed by atoms with Crippen LogP contribution in [0.25, 0.3) is 0 Å². The van der Waals surface area contributed by atoms with Crippen molar-refractivity contribution in [2.45, 2.75) is 18.8 Å². The largest absolute Gasteiger partial charge is 0.340 e. The lowest BCUT2D eigenvalue weighted by Crippen LogP contribution is -2.09. The van der Waals surface area contributed by atoms with Crippen LogP contribution in [0.4, 0.5) is 0 Å². The molecule has 0 saturated carbocycles. The maximum Gasteiger partial charge on any atom is 0.338 e. The summed E-state index contributed by atoms with van der Waals surface area (Å²) in [6.07, 6.45) is 0.931. The third-order valence-electron chi connectivity index (χ3n) is 2.00. The van der Waals surface area contributed by atoms with E-state index in [4.69, 9.17) is 23.2 Å². The molecule has 1 fully saturated rings. The number of halogens is 2. The molecule has 0 bridgehead atoms. The highest BCUT2D eigenvalue weighted by atomic mass is 35.5. The minimum absolute atomic E-state index is 0.356. The van der Waals surface area contributed by atoms with Crippen LogP contribution < -0.4 is 0 Å². The van der Waals surface area contributed by atoms with E-state index in [2.05, 4.69) is 9.78 Å². The second-order valence-corrected chi connectivity index (χ2v) is 3.96. The molecule has 1 heterocycles. The van der Waals surface area contributed by atoms with Crippen molar-refractivity contribution in [3.05, 3.63) is 33.8 Å². The fourth-order valence-corrected chi connectivity index (χ4v) is 1.65. The van der Waals surface area contributed by atoms with Crippen molar-refractivity contribution >= 4 is 23.2 Å². The monoisotopic (exact) mass is 234 g/mol. The smallest absolute Gasteiger partial charge is 0.338 e. The number of hydrogen-bond donors (Lipinski definition) is 1. The van der Waals surface area contributed by atoms with Crippen LogP contribution in [0.3, 0.4) is 0 Å². The van der Waals surface area contributed by atoms with E-state index in [-0.39, 0.29) is 0 Å². The molecule has 14 heavy (non-hydrogen) atoms. The first-order valence-corrected chi connectivity index (χ1v) is 4.88. The molecule has 0 amide bonds. The normalized spacial score (nSPS) is 18.2. The van der Waals surface area contributed by atoms with Gasteiger partial charge < -0.3 is 5.11 Å². The Labute approximate surface area is 91.1 Å². The summed E-state index contributed by atoms with van der Waals surface area (Å²) in [5, 5.41) is 10.4. The molecule has 1 aliphatic rings. The van der Waals surface area contributed by atoms with E-state index < -0.39 is 5.97 Å². The van der Waals surface area contributed by atoms with Crippen LogP contribution in [0.5, 0.6) is 0 Å². The highest BCUT2D eigenvalue weighted by Crippen LogP contribution is 2.32. The zero-order valence-electron chi connectivity index (χ0n) is 7.17. The van der Waals surface area contributed by atoms with Gasteiger partial charge in [0.25, 0.3) is 0 Å². The molecule has 2 rings (SSSR count). The molecule has 0 atom stereocenters. The molecular formula is C9H8Cl2O3. The van der Waals surface area contributed by atoms with Crippen molar-refractivity contribution < 1.29 is 14.9 Å². The number of aryl methyl sites for hydroxylation is 1. The molecular weight excluding hydrogens is 227 g/mol. The van der Waals surface area contributed by atoms with Crippen molar-refractivity contribution in [2.24, 2.45) is 0 Å². The van der Waals surface area contributed by atoms with E-state index in [1.807, 2.05) is 6.07 Å². The molecule has 0 unspecified atom stereocenters. The third kappa shape index (κ3) is 2.38. The average Bonchev–Trinajstić information content (AvgIpc) is 2.83. The number of rotatable bonds is 3. The van der Waals surface area contributed by atoms with E-state index >= 15 is 0 Å². The zero-order valence-corrected chi connectivity index (χ0v) is 8.68. The van der Waals surface area contributed by atoms with Gasteiger partial charge in [-0.3, -0.25) is 0 Å². The SMILES string of the molecule is OC1(CCc2ccc(Cl)cc2Cl)OO1. The van der Waals surface area contributed by atoms with Crippen LogP contribution in [-0.2, 0) is 16.2 Å². The Hall–Kier alpha value is -0.320. The van der Waals surface area contributed by atoms with Crippen molar-refractivity contribution in [1.29, 1.82) is 0 Å². The van der Waals surface area contributed by atoms with Gasteiger partial charge in [-0.15, -0.1) is 0 Å². The minimum Gasteiger partial charge on any atom is -0.340 e. The topological polar surface area (TPSA) is 45.3 Å². The summed E-state index contributed by atoms with van der Waals surface area (Å²) in [5.41, 5.74) is 0.906. The van der Waals surface area contributed by atoms with E-state index in [0.29, 0.717) is 22.9 Å². The standard InChI is InChI=1S/C9H8Cl2O3/c10-7-2-1-6(8(11)5-7)3-4-9(12)13-14-9/h1-2,5,12H,3-4H2. The van der Waals surface area contributed by atoms with E-state index in [9.17, 15) is 5.11 Å². The van der Waals surface area contributed by atoms with Crippen LogP contribution in [-0.4, -0.2) is 11.1 Å². The summed E-state index contributed by atoms with van der Waals surface area (Å²) in [4.78, 5) is 8.74. The Morgan fingerprint density at radius 2 is 2.00 bits per heavy atom. The summed E-state index contributed by atoms with van der Waals surface area (Å²) in [6, 6.07) is 5.23. The highest BCUT2D eigenvalue weighted by molar-refractivity contribution is 6.35. The zero-order chi connectivity index (χ0) is 10.2. The van der Waals surface area contributed by atoms with Crippen molar-refractivity contribution in [3.8, 4) is 0 Å². The quantitative estimate of drug-likeness (QED) is 0.646. The molecule has 0 spiro atoms. The predicted octanol–water partition coefficient (Wildman–Crippen LogP) is 2.53. The number of hydrogen-bond acceptors (Lipinski definition) is 3. The molecule has 1 aliphatic heterocycles. The van der Waals surface area contributed by atoms with Crippen molar-refractivity contribution in [3.63, 3.8) is 0 Å². The fraction of sp³-hybridized carbons (Fsp3) is 0.333. The lowest BCUT2D eigenvalue weighted by atomic mass is 10.1. The lowest BCUT2D eigenvalue weighted by molar-refractivity contribution is 0.0220. The molecule has 76 valence electrons. The average molecular weight is 235 g/mol. The van der Waals surface area contributed by atoms with Gasteiger partial charge in [-0.05, 0) is 24.1 Å². The van der Waals surface area contributed by atoms with Crippen LogP contribution in [0.2, 0.25) is 10.0 Å². The van der Waals surface area contributed by atoms with Crippen LogP contribution in [0.1, 0.15) is 12.0 Å². The molecule has 1 saturated heterocycles.